The summed E-state index contributed by atoms with van der Waals surface area (Å²) in [6, 6.07) is 6.81. The number of rotatable bonds is 3. The lowest BCUT2D eigenvalue weighted by atomic mass is 9.96. The van der Waals surface area contributed by atoms with Gasteiger partial charge in [-0.15, -0.1) is 0 Å². The van der Waals surface area contributed by atoms with Crippen molar-refractivity contribution in [2.45, 2.75) is 6.92 Å². The van der Waals surface area contributed by atoms with Crippen molar-refractivity contribution in [1.82, 2.24) is 4.98 Å². The lowest BCUT2D eigenvalue weighted by molar-refractivity contribution is 0.100. The standard InChI is InChI=1S/C19H16F2N4O2/c1-9-7-10(18(26)25-19(22)23)8-12-11(5-6-24-17(9)12)15-13(20)3-4-14(27-2)16(15)21/h3-8H,1-2H3,(H4,22,23,25,26). The summed E-state index contributed by atoms with van der Waals surface area (Å²) in [5.74, 6) is -2.75. The molecule has 0 radical (unpaired) electrons. The van der Waals surface area contributed by atoms with Crippen LogP contribution in [0.15, 0.2) is 41.5 Å². The average molecular weight is 370 g/mol. The predicted molar refractivity (Wildman–Crippen MR) is 98.5 cm³/mol. The van der Waals surface area contributed by atoms with Gasteiger partial charge in [-0.25, -0.2) is 8.78 Å². The van der Waals surface area contributed by atoms with Crippen LogP contribution in [0.5, 0.6) is 5.75 Å². The van der Waals surface area contributed by atoms with Crippen molar-refractivity contribution in [2.75, 3.05) is 7.11 Å². The van der Waals surface area contributed by atoms with Gasteiger partial charge in [0.1, 0.15) is 5.82 Å². The van der Waals surface area contributed by atoms with E-state index in [1.54, 1.807) is 13.0 Å². The third kappa shape index (κ3) is 3.29. The Balaban J connectivity index is 2.34. The molecule has 2 aromatic carbocycles. The van der Waals surface area contributed by atoms with E-state index in [1.807, 2.05) is 0 Å². The first-order valence-electron chi connectivity index (χ1n) is 7.89. The number of nitrogens with two attached hydrogens (primary N) is 2. The normalized spacial score (nSPS) is 10.7. The number of guanidine groups is 1. The molecule has 0 fully saturated rings. The fourth-order valence-corrected chi connectivity index (χ4v) is 2.89. The number of benzene rings is 2. The quantitative estimate of drug-likeness (QED) is 0.545. The van der Waals surface area contributed by atoms with Gasteiger partial charge in [0.15, 0.2) is 17.5 Å². The summed E-state index contributed by atoms with van der Waals surface area (Å²) in [6.45, 7) is 1.73. The van der Waals surface area contributed by atoms with Gasteiger partial charge in [-0.1, -0.05) is 0 Å². The highest BCUT2D eigenvalue weighted by molar-refractivity contribution is 6.06. The highest BCUT2D eigenvalue weighted by Crippen LogP contribution is 2.36. The Bertz CT molecular complexity index is 1090. The third-order valence-electron chi connectivity index (χ3n) is 4.06. The number of hydrogen-bond acceptors (Lipinski definition) is 3. The predicted octanol–water partition coefficient (Wildman–Crippen LogP) is 2.91. The fourth-order valence-electron chi connectivity index (χ4n) is 2.89. The van der Waals surface area contributed by atoms with Gasteiger partial charge in [0.05, 0.1) is 18.2 Å². The van der Waals surface area contributed by atoms with Crippen molar-refractivity contribution in [3.63, 3.8) is 0 Å². The van der Waals surface area contributed by atoms with Crippen LogP contribution in [-0.4, -0.2) is 24.0 Å². The molecule has 1 aromatic heterocycles. The lowest BCUT2D eigenvalue weighted by Gasteiger charge is -2.13. The van der Waals surface area contributed by atoms with Crippen molar-refractivity contribution in [3.8, 4) is 16.9 Å². The molecule has 1 heterocycles. The van der Waals surface area contributed by atoms with Gasteiger partial charge >= 0.3 is 0 Å². The summed E-state index contributed by atoms with van der Waals surface area (Å²) in [4.78, 5) is 20.0. The minimum absolute atomic E-state index is 0.0965. The number of methoxy groups -OCH3 is 1. The zero-order valence-corrected chi connectivity index (χ0v) is 14.6. The molecule has 0 saturated carbocycles. The van der Waals surface area contributed by atoms with E-state index >= 15 is 0 Å². The molecule has 6 nitrogen and oxygen atoms in total. The highest BCUT2D eigenvalue weighted by atomic mass is 19.1. The average Bonchev–Trinajstić information content (AvgIpc) is 2.61. The molecular formula is C19H16F2N4O2. The first kappa shape index (κ1) is 18.2. The molecule has 0 unspecified atom stereocenters. The molecule has 0 aliphatic heterocycles. The first-order chi connectivity index (χ1) is 12.8. The van der Waals surface area contributed by atoms with Crippen LogP contribution in [0, 0.1) is 18.6 Å². The molecule has 27 heavy (non-hydrogen) atoms. The van der Waals surface area contributed by atoms with Gasteiger partial charge in [0, 0.05) is 17.1 Å². The van der Waals surface area contributed by atoms with Crippen LogP contribution >= 0.6 is 0 Å². The van der Waals surface area contributed by atoms with E-state index in [0.29, 0.717) is 16.5 Å². The molecule has 8 heteroatoms. The molecule has 138 valence electrons. The molecule has 0 spiro atoms. The third-order valence-corrected chi connectivity index (χ3v) is 4.06. The number of aryl methyl sites for hydroxylation is 1. The van der Waals surface area contributed by atoms with Gasteiger partial charge in [0.25, 0.3) is 5.91 Å². The van der Waals surface area contributed by atoms with Gasteiger partial charge < -0.3 is 16.2 Å². The number of aliphatic imine (C=N–C) groups is 1. The smallest absolute Gasteiger partial charge is 0.280 e. The van der Waals surface area contributed by atoms with Crippen LogP contribution in [0.4, 0.5) is 8.78 Å². The van der Waals surface area contributed by atoms with Gasteiger partial charge in [-0.05, 0) is 48.4 Å². The molecule has 0 aliphatic carbocycles. The summed E-state index contributed by atoms with van der Waals surface area (Å²) in [6.07, 6.45) is 1.44. The van der Waals surface area contributed by atoms with Crippen LogP contribution in [0.2, 0.25) is 0 Å². The van der Waals surface area contributed by atoms with E-state index < -0.39 is 17.5 Å². The summed E-state index contributed by atoms with van der Waals surface area (Å²) in [5.41, 5.74) is 11.8. The monoisotopic (exact) mass is 370 g/mol. The Hall–Kier alpha value is -3.55. The largest absolute Gasteiger partial charge is 0.494 e. The second kappa shape index (κ2) is 6.99. The maximum atomic E-state index is 14.8. The Morgan fingerprint density at radius 2 is 1.93 bits per heavy atom. The molecule has 0 bridgehead atoms. The van der Waals surface area contributed by atoms with Crippen LogP contribution < -0.4 is 16.2 Å². The van der Waals surface area contributed by atoms with E-state index in [4.69, 9.17) is 16.2 Å². The Morgan fingerprint density at radius 3 is 2.59 bits per heavy atom. The van der Waals surface area contributed by atoms with Crippen molar-refractivity contribution in [3.05, 3.63) is 59.3 Å². The maximum Gasteiger partial charge on any atom is 0.280 e. The number of carbonyl (C=O) groups is 1. The topological polar surface area (TPSA) is 104 Å². The number of amides is 1. The van der Waals surface area contributed by atoms with Crippen LogP contribution in [-0.2, 0) is 0 Å². The molecule has 3 rings (SSSR count). The lowest BCUT2D eigenvalue weighted by Crippen LogP contribution is -2.24. The van der Waals surface area contributed by atoms with Crippen molar-refractivity contribution < 1.29 is 18.3 Å². The molecule has 0 atom stereocenters. The van der Waals surface area contributed by atoms with Crippen molar-refractivity contribution in [1.29, 1.82) is 0 Å². The van der Waals surface area contributed by atoms with Gasteiger partial charge in [-0.2, -0.15) is 4.99 Å². The van der Waals surface area contributed by atoms with Gasteiger partial charge in [-0.3, -0.25) is 9.78 Å². The minimum atomic E-state index is -0.844. The van der Waals surface area contributed by atoms with Crippen molar-refractivity contribution >= 4 is 22.8 Å². The number of hydrogen-bond donors (Lipinski definition) is 2. The molecule has 0 aliphatic rings. The van der Waals surface area contributed by atoms with E-state index in [9.17, 15) is 13.6 Å². The number of carbonyl (C=O) groups excluding carboxylic acids is 1. The van der Waals surface area contributed by atoms with Crippen molar-refractivity contribution in [2.24, 2.45) is 16.5 Å². The number of nitrogens with zero attached hydrogens (tertiary/aromatic N) is 2. The maximum absolute atomic E-state index is 14.8. The number of pyridine rings is 1. The second-order valence-corrected chi connectivity index (χ2v) is 5.83. The summed E-state index contributed by atoms with van der Waals surface area (Å²) >= 11 is 0. The number of halogens is 2. The zero-order chi connectivity index (χ0) is 19.7. The van der Waals surface area contributed by atoms with E-state index in [0.717, 1.165) is 6.07 Å². The fraction of sp³-hybridized carbons (Fsp3) is 0.105. The molecular weight excluding hydrogens is 354 g/mol. The SMILES string of the molecule is COc1ccc(F)c(-c2ccnc3c(C)cc(C(=O)N=C(N)N)cc23)c1F. The second-order valence-electron chi connectivity index (χ2n) is 5.83. The molecule has 0 saturated heterocycles. The van der Waals surface area contributed by atoms with E-state index in [1.165, 1.54) is 31.5 Å². The Kier molecular flexibility index (Phi) is 4.72. The molecule has 1 amide bonds. The summed E-state index contributed by atoms with van der Waals surface area (Å²) in [5, 5.41) is 0.387. The molecule has 4 N–H and O–H groups in total. The Labute approximate surface area is 153 Å². The summed E-state index contributed by atoms with van der Waals surface area (Å²) < 4.78 is 34.2. The van der Waals surface area contributed by atoms with Crippen LogP contribution in [0.1, 0.15) is 15.9 Å². The zero-order valence-electron chi connectivity index (χ0n) is 14.6. The number of aromatic nitrogens is 1. The highest BCUT2D eigenvalue weighted by Gasteiger charge is 2.20. The van der Waals surface area contributed by atoms with Crippen LogP contribution in [0.3, 0.4) is 0 Å². The molecule has 3 aromatic rings. The number of fused-ring (bicyclic) bond motifs is 1. The Morgan fingerprint density at radius 1 is 1.19 bits per heavy atom. The van der Waals surface area contributed by atoms with Crippen LogP contribution in [0.25, 0.3) is 22.0 Å². The van der Waals surface area contributed by atoms with Gasteiger partial charge in [0.2, 0.25) is 0 Å². The first-order valence-corrected chi connectivity index (χ1v) is 7.89. The number of ether oxygens (including phenoxy) is 1. The van der Waals surface area contributed by atoms with E-state index in [-0.39, 0.29) is 28.4 Å². The minimum Gasteiger partial charge on any atom is -0.494 e. The summed E-state index contributed by atoms with van der Waals surface area (Å²) in [7, 11) is 1.29. The van der Waals surface area contributed by atoms with E-state index in [2.05, 4.69) is 9.98 Å².